The molecule has 0 bridgehead atoms. The molecule has 2 aromatic rings. The second kappa shape index (κ2) is 9.53. The Hall–Kier alpha value is -3.52. The molecule has 1 unspecified atom stereocenters. The molecule has 0 spiro atoms. The highest BCUT2D eigenvalue weighted by Crippen LogP contribution is 2.41. The molecule has 8 heteroatoms. The third kappa shape index (κ3) is 4.34. The number of benzene rings is 2. The summed E-state index contributed by atoms with van der Waals surface area (Å²) in [5, 5.41) is 20.8. The predicted molar refractivity (Wildman–Crippen MR) is 113 cm³/mol. The zero-order valence-electron chi connectivity index (χ0n) is 17.6. The molecule has 1 aliphatic rings. The number of aromatic hydroxyl groups is 1. The number of carbonyl (C=O) groups excluding carboxylic acids is 2. The van der Waals surface area contributed by atoms with E-state index < -0.39 is 17.7 Å². The summed E-state index contributed by atoms with van der Waals surface area (Å²) in [6.07, 6.45) is 0.518. The fourth-order valence-corrected chi connectivity index (χ4v) is 3.63. The number of hydrogen-bond donors (Lipinski definition) is 2. The molecule has 2 aromatic carbocycles. The zero-order chi connectivity index (χ0) is 22.5. The quantitative estimate of drug-likeness (QED) is 0.289. The molecule has 0 saturated carbocycles. The van der Waals surface area contributed by atoms with E-state index in [4.69, 9.17) is 14.2 Å². The van der Waals surface area contributed by atoms with Gasteiger partial charge in [-0.3, -0.25) is 9.59 Å². The number of nitrogens with zero attached hydrogens (tertiary/aromatic N) is 1. The molecule has 8 nitrogen and oxygen atoms in total. The summed E-state index contributed by atoms with van der Waals surface area (Å²) >= 11 is 0. The van der Waals surface area contributed by atoms with Crippen molar-refractivity contribution in [1.29, 1.82) is 0 Å². The molecule has 31 heavy (non-hydrogen) atoms. The summed E-state index contributed by atoms with van der Waals surface area (Å²) in [7, 11) is 4.50. The van der Waals surface area contributed by atoms with Crippen molar-refractivity contribution in [2.24, 2.45) is 0 Å². The maximum Gasteiger partial charge on any atom is 0.295 e. The lowest BCUT2D eigenvalue weighted by Crippen LogP contribution is -2.31. The highest BCUT2D eigenvalue weighted by molar-refractivity contribution is 6.46. The Bertz CT molecular complexity index is 997. The molecule has 1 fully saturated rings. The third-order valence-electron chi connectivity index (χ3n) is 5.16. The Labute approximate surface area is 180 Å². The monoisotopic (exact) mass is 427 g/mol. The van der Waals surface area contributed by atoms with E-state index in [1.165, 1.54) is 31.3 Å². The largest absolute Gasteiger partial charge is 0.508 e. The number of phenols is 1. The highest BCUT2D eigenvalue weighted by Gasteiger charge is 2.46. The van der Waals surface area contributed by atoms with E-state index >= 15 is 0 Å². The van der Waals surface area contributed by atoms with Crippen LogP contribution in [0, 0.1) is 0 Å². The smallest absolute Gasteiger partial charge is 0.295 e. The Balaban J connectivity index is 2.16. The maximum absolute atomic E-state index is 13.0. The van der Waals surface area contributed by atoms with Gasteiger partial charge >= 0.3 is 0 Å². The summed E-state index contributed by atoms with van der Waals surface area (Å²) in [5.74, 6) is -0.966. The molecule has 2 N–H and O–H groups in total. The second-order valence-electron chi connectivity index (χ2n) is 7.00. The average Bonchev–Trinajstić information content (AvgIpc) is 3.03. The number of carbonyl (C=O) groups is 2. The van der Waals surface area contributed by atoms with Crippen molar-refractivity contribution >= 4 is 17.4 Å². The van der Waals surface area contributed by atoms with Gasteiger partial charge in [-0.25, -0.2) is 0 Å². The van der Waals surface area contributed by atoms with E-state index in [0.717, 1.165) is 0 Å². The molecule has 1 amide bonds. The zero-order valence-corrected chi connectivity index (χ0v) is 17.6. The van der Waals surface area contributed by atoms with Crippen LogP contribution in [0.1, 0.15) is 23.6 Å². The van der Waals surface area contributed by atoms with E-state index in [-0.39, 0.29) is 29.2 Å². The molecular formula is C23H25NO7. The number of phenolic OH excluding ortho intramolecular Hbond substituents is 1. The normalized spacial score (nSPS) is 17.8. The van der Waals surface area contributed by atoms with Crippen molar-refractivity contribution in [1.82, 2.24) is 4.90 Å². The number of ether oxygens (including phenoxy) is 3. The summed E-state index contributed by atoms with van der Waals surface area (Å²) in [4.78, 5) is 27.2. The number of Topliss-reactive ketones (excluding diaryl/α,β-unsaturated/α-hetero) is 1. The Morgan fingerprint density at radius 2 is 1.74 bits per heavy atom. The summed E-state index contributed by atoms with van der Waals surface area (Å²) in [6.45, 7) is 0.679. The van der Waals surface area contributed by atoms with Crippen LogP contribution in [0.25, 0.3) is 5.76 Å². The molecule has 1 atom stereocenters. The van der Waals surface area contributed by atoms with Gasteiger partial charge in [-0.15, -0.1) is 0 Å². The number of methoxy groups -OCH3 is 3. The standard InChI is InChI=1S/C23H25NO7/c1-29-12-4-11-24-20(14-5-7-15(25)8-6-14)19(22(27)23(24)28)21(26)17-10-9-16(30-2)13-18(17)31-3/h5-10,13,20,25-26H,4,11-12H2,1-3H3/b21-19-. The average molecular weight is 427 g/mol. The molecule has 1 aliphatic heterocycles. The number of rotatable bonds is 8. The van der Waals surface area contributed by atoms with Crippen molar-refractivity contribution in [3.63, 3.8) is 0 Å². The van der Waals surface area contributed by atoms with E-state index in [1.54, 1.807) is 37.4 Å². The van der Waals surface area contributed by atoms with Crippen molar-refractivity contribution in [2.75, 3.05) is 34.5 Å². The third-order valence-corrected chi connectivity index (χ3v) is 5.16. The lowest BCUT2D eigenvalue weighted by atomic mass is 9.95. The van der Waals surface area contributed by atoms with E-state index in [2.05, 4.69) is 0 Å². The van der Waals surface area contributed by atoms with Crippen LogP contribution in [0.4, 0.5) is 0 Å². The van der Waals surface area contributed by atoms with E-state index in [0.29, 0.717) is 30.1 Å². The number of hydrogen-bond acceptors (Lipinski definition) is 7. The summed E-state index contributed by atoms with van der Waals surface area (Å²) in [5.41, 5.74) is 0.807. The fraction of sp³-hybridized carbons (Fsp3) is 0.304. The van der Waals surface area contributed by atoms with E-state index in [9.17, 15) is 19.8 Å². The fourth-order valence-electron chi connectivity index (χ4n) is 3.63. The van der Waals surface area contributed by atoms with Crippen LogP contribution in [-0.4, -0.2) is 61.3 Å². The number of aliphatic hydroxyl groups is 1. The van der Waals surface area contributed by atoms with Gasteiger partial charge in [0.05, 0.1) is 31.4 Å². The molecule has 0 radical (unpaired) electrons. The van der Waals surface area contributed by atoms with Crippen molar-refractivity contribution < 1.29 is 34.0 Å². The molecule has 0 aliphatic carbocycles. The van der Waals surface area contributed by atoms with Gasteiger partial charge < -0.3 is 29.3 Å². The van der Waals surface area contributed by atoms with Gasteiger partial charge in [0, 0.05) is 26.3 Å². The van der Waals surface area contributed by atoms with Gasteiger partial charge in [0.15, 0.2) is 0 Å². The van der Waals surface area contributed by atoms with Gasteiger partial charge in [-0.05, 0) is 36.2 Å². The van der Waals surface area contributed by atoms with Gasteiger partial charge in [0.25, 0.3) is 11.7 Å². The molecule has 3 rings (SSSR count). The van der Waals surface area contributed by atoms with Gasteiger partial charge in [0.2, 0.25) is 0 Å². The van der Waals surface area contributed by atoms with Crippen molar-refractivity contribution in [3.8, 4) is 17.2 Å². The Morgan fingerprint density at radius 1 is 1.03 bits per heavy atom. The minimum atomic E-state index is -0.815. The minimum Gasteiger partial charge on any atom is -0.508 e. The first-order valence-corrected chi connectivity index (χ1v) is 9.71. The predicted octanol–water partition coefficient (Wildman–Crippen LogP) is 2.87. The maximum atomic E-state index is 13.0. The second-order valence-corrected chi connectivity index (χ2v) is 7.00. The van der Waals surface area contributed by atoms with Crippen molar-refractivity contribution in [2.45, 2.75) is 12.5 Å². The van der Waals surface area contributed by atoms with Crippen LogP contribution < -0.4 is 9.47 Å². The van der Waals surface area contributed by atoms with E-state index in [1.807, 2.05) is 0 Å². The number of amides is 1. The van der Waals surface area contributed by atoms with Crippen LogP contribution in [0.3, 0.4) is 0 Å². The molecule has 164 valence electrons. The number of aliphatic hydroxyl groups excluding tert-OH is 1. The summed E-state index contributed by atoms with van der Waals surface area (Å²) < 4.78 is 15.6. The number of likely N-dealkylation sites (tertiary alicyclic amines) is 1. The molecule has 0 aromatic heterocycles. The van der Waals surface area contributed by atoms with Gasteiger partial charge in [-0.1, -0.05) is 12.1 Å². The summed E-state index contributed by atoms with van der Waals surface area (Å²) in [6, 6.07) is 10.1. The van der Waals surface area contributed by atoms with Crippen LogP contribution in [0.2, 0.25) is 0 Å². The van der Waals surface area contributed by atoms with Gasteiger partial charge in [-0.2, -0.15) is 0 Å². The molecular weight excluding hydrogens is 402 g/mol. The first kappa shape index (κ1) is 22.2. The number of ketones is 1. The van der Waals surface area contributed by atoms with Crippen molar-refractivity contribution in [3.05, 3.63) is 59.2 Å². The van der Waals surface area contributed by atoms with Crippen LogP contribution >= 0.6 is 0 Å². The molecule has 1 heterocycles. The highest BCUT2D eigenvalue weighted by atomic mass is 16.5. The Kier molecular flexibility index (Phi) is 6.81. The van der Waals surface area contributed by atoms with Gasteiger partial charge in [0.1, 0.15) is 23.0 Å². The lowest BCUT2D eigenvalue weighted by molar-refractivity contribution is -0.140. The van der Waals surface area contributed by atoms with Crippen LogP contribution in [0.15, 0.2) is 48.0 Å². The van der Waals surface area contributed by atoms with Crippen LogP contribution in [0.5, 0.6) is 17.2 Å². The first-order valence-electron chi connectivity index (χ1n) is 9.71. The first-order chi connectivity index (χ1) is 14.9. The topological polar surface area (TPSA) is 106 Å². The molecule has 1 saturated heterocycles. The minimum absolute atomic E-state index is 0.0448. The SMILES string of the molecule is COCCCN1C(=O)C(=O)/C(=C(\O)c2ccc(OC)cc2OC)C1c1ccc(O)cc1. The lowest BCUT2D eigenvalue weighted by Gasteiger charge is -2.25. The van der Waals surface area contributed by atoms with Crippen LogP contribution in [-0.2, 0) is 14.3 Å². The Morgan fingerprint density at radius 3 is 2.35 bits per heavy atom.